The standard InChI is InChI=1S/C15H20N2O5/c1-4-13(17-9-18)14(19)15(20)16-8-10-5-11(21-2)7-12(6-10)22-3/h5-7,9,13H,4,8H2,1-3H3,(H,16,20)(H,17,18). The first-order chi connectivity index (χ1) is 10.5. The van der Waals surface area contributed by atoms with E-state index in [9.17, 15) is 14.4 Å². The highest BCUT2D eigenvalue weighted by Crippen LogP contribution is 2.22. The molecule has 0 bridgehead atoms. The molecule has 7 heteroatoms. The number of carbonyl (C=O) groups excluding carboxylic acids is 3. The minimum Gasteiger partial charge on any atom is -0.497 e. The van der Waals surface area contributed by atoms with E-state index in [0.29, 0.717) is 24.3 Å². The molecule has 1 unspecified atom stereocenters. The molecule has 0 aliphatic rings. The molecule has 0 heterocycles. The van der Waals surface area contributed by atoms with Gasteiger partial charge >= 0.3 is 0 Å². The number of Topliss-reactive ketones (excluding diaryl/α,β-unsaturated/α-hetero) is 1. The second-order valence-electron chi connectivity index (χ2n) is 4.51. The summed E-state index contributed by atoms with van der Waals surface area (Å²) in [5.41, 5.74) is 0.730. The van der Waals surface area contributed by atoms with Crippen molar-refractivity contribution >= 4 is 18.1 Å². The van der Waals surface area contributed by atoms with Crippen LogP contribution in [-0.2, 0) is 20.9 Å². The largest absolute Gasteiger partial charge is 0.497 e. The van der Waals surface area contributed by atoms with Gasteiger partial charge in [-0.1, -0.05) is 6.92 Å². The van der Waals surface area contributed by atoms with Crippen LogP contribution in [-0.4, -0.2) is 38.4 Å². The molecule has 0 spiro atoms. The Morgan fingerprint density at radius 1 is 1.18 bits per heavy atom. The normalized spacial score (nSPS) is 11.2. The maximum atomic E-state index is 11.8. The monoisotopic (exact) mass is 308 g/mol. The van der Waals surface area contributed by atoms with Crippen molar-refractivity contribution in [2.45, 2.75) is 25.9 Å². The molecule has 1 aromatic rings. The van der Waals surface area contributed by atoms with Gasteiger partial charge < -0.3 is 20.1 Å². The SMILES string of the molecule is CCC(NC=O)C(=O)C(=O)NCc1cc(OC)cc(OC)c1. The Hall–Kier alpha value is -2.57. The summed E-state index contributed by atoms with van der Waals surface area (Å²) in [5.74, 6) is -0.250. The second-order valence-corrected chi connectivity index (χ2v) is 4.51. The lowest BCUT2D eigenvalue weighted by atomic mass is 10.1. The molecule has 1 aromatic carbocycles. The van der Waals surface area contributed by atoms with E-state index < -0.39 is 17.7 Å². The van der Waals surface area contributed by atoms with Crippen molar-refractivity contribution < 1.29 is 23.9 Å². The van der Waals surface area contributed by atoms with E-state index in [0.717, 1.165) is 5.56 Å². The number of ketones is 1. The predicted octanol–water partition coefficient (Wildman–Crippen LogP) is 0.414. The molecule has 0 aromatic heterocycles. The molecule has 0 saturated heterocycles. The summed E-state index contributed by atoms with van der Waals surface area (Å²) in [6, 6.07) is 4.36. The summed E-state index contributed by atoms with van der Waals surface area (Å²) in [4.78, 5) is 34.1. The number of amides is 2. The molecule has 2 N–H and O–H groups in total. The zero-order chi connectivity index (χ0) is 16.5. The van der Waals surface area contributed by atoms with Crippen molar-refractivity contribution in [3.05, 3.63) is 23.8 Å². The van der Waals surface area contributed by atoms with Gasteiger partial charge in [-0.2, -0.15) is 0 Å². The lowest BCUT2D eigenvalue weighted by molar-refractivity contribution is -0.139. The van der Waals surface area contributed by atoms with E-state index in [-0.39, 0.29) is 6.54 Å². The number of hydrogen-bond donors (Lipinski definition) is 2. The van der Waals surface area contributed by atoms with Crippen molar-refractivity contribution in [3.8, 4) is 11.5 Å². The van der Waals surface area contributed by atoms with Crippen LogP contribution < -0.4 is 20.1 Å². The Bertz CT molecular complexity index is 522. The van der Waals surface area contributed by atoms with Gasteiger partial charge in [0.25, 0.3) is 5.91 Å². The van der Waals surface area contributed by atoms with Gasteiger partial charge in [-0.05, 0) is 24.1 Å². The van der Waals surface area contributed by atoms with Crippen LogP contribution in [0.5, 0.6) is 11.5 Å². The quantitative estimate of drug-likeness (QED) is 0.509. The summed E-state index contributed by atoms with van der Waals surface area (Å²) in [5, 5.41) is 4.84. The molecular formula is C15H20N2O5. The molecule has 1 atom stereocenters. The van der Waals surface area contributed by atoms with Crippen LogP contribution in [0, 0.1) is 0 Å². The van der Waals surface area contributed by atoms with Gasteiger partial charge in [0.15, 0.2) is 0 Å². The summed E-state index contributed by atoms with van der Waals surface area (Å²) in [6.45, 7) is 1.86. The number of carbonyl (C=O) groups is 3. The number of methoxy groups -OCH3 is 2. The summed E-state index contributed by atoms with van der Waals surface area (Å²) in [7, 11) is 3.05. The molecule has 22 heavy (non-hydrogen) atoms. The van der Waals surface area contributed by atoms with Gasteiger partial charge in [0, 0.05) is 12.6 Å². The number of nitrogens with one attached hydrogen (secondary N) is 2. The maximum Gasteiger partial charge on any atom is 0.289 e. The molecule has 0 fully saturated rings. The molecule has 120 valence electrons. The van der Waals surface area contributed by atoms with Gasteiger partial charge in [-0.15, -0.1) is 0 Å². The van der Waals surface area contributed by atoms with Crippen LogP contribution in [0.15, 0.2) is 18.2 Å². The summed E-state index contributed by atoms with van der Waals surface area (Å²) < 4.78 is 10.3. The van der Waals surface area contributed by atoms with Crippen molar-refractivity contribution in [1.29, 1.82) is 0 Å². The Labute approximate surface area is 129 Å². The fourth-order valence-corrected chi connectivity index (χ4v) is 1.86. The number of rotatable bonds is 9. The molecule has 0 aliphatic carbocycles. The fraction of sp³-hybridized carbons (Fsp3) is 0.400. The first-order valence-electron chi connectivity index (χ1n) is 6.79. The molecule has 0 saturated carbocycles. The van der Waals surface area contributed by atoms with Crippen LogP contribution in [0.3, 0.4) is 0 Å². The zero-order valence-electron chi connectivity index (χ0n) is 12.8. The Morgan fingerprint density at radius 2 is 1.77 bits per heavy atom. The van der Waals surface area contributed by atoms with Crippen LogP contribution in [0.1, 0.15) is 18.9 Å². The molecule has 2 amide bonds. The van der Waals surface area contributed by atoms with E-state index >= 15 is 0 Å². The topological polar surface area (TPSA) is 93.7 Å². The first-order valence-corrected chi connectivity index (χ1v) is 6.79. The fourth-order valence-electron chi connectivity index (χ4n) is 1.86. The third kappa shape index (κ3) is 4.76. The Balaban J connectivity index is 2.70. The molecule has 1 rings (SSSR count). The maximum absolute atomic E-state index is 11.8. The van der Waals surface area contributed by atoms with Gasteiger partial charge in [0.05, 0.1) is 20.3 Å². The number of hydrogen-bond acceptors (Lipinski definition) is 5. The van der Waals surface area contributed by atoms with E-state index in [2.05, 4.69) is 10.6 Å². The van der Waals surface area contributed by atoms with Crippen molar-refractivity contribution in [2.24, 2.45) is 0 Å². The molecular weight excluding hydrogens is 288 g/mol. The zero-order valence-corrected chi connectivity index (χ0v) is 12.8. The molecule has 0 aliphatic heterocycles. The Morgan fingerprint density at radius 3 is 2.23 bits per heavy atom. The van der Waals surface area contributed by atoms with Gasteiger partial charge in [-0.25, -0.2) is 0 Å². The van der Waals surface area contributed by atoms with Crippen molar-refractivity contribution in [1.82, 2.24) is 10.6 Å². The summed E-state index contributed by atoms with van der Waals surface area (Å²) in [6.07, 6.45) is 0.754. The Kier molecular flexibility index (Phi) is 6.88. The van der Waals surface area contributed by atoms with Gasteiger partial charge in [0.1, 0.15) is 11.5 Å². The predicted molar refractivity (Wildman–Crippen MR) is 79.7 cm³/mol. The lowest BCUT2D eigenvalue weighted by Gasteiger charge is -2.13. The van der Waals surface area contributed by atoms with E-state index in [1.807, 2.05) is 0 Å². The van der Waals surface area contributed by atoms with E-state index in [1.54, 1.807) is 25.1 Å². The average Bonchev–Trinajstić information content (AvgIpc) is 2.56. The van der Waals surface area contributed by atoms with Gasteiger partial charge in [-0.3, -0.25) is 14.4 Å². The van der Waals surface area contributed by atoms with Crippen LogP contribution in [0.2, 0.25) is 0 Å². The molecule has 7 nitrogen and oxygen atoms in total. The van der Waals surface area contributed by atoms with Crippen LogP contribution >= 0.6 is 0 Å². The third-order valence-corrected chi connectivity index (χ3v) is 3.08. The van der Waals surface area contributed by atoms with Crippen molar-refractivity contribution in [3.63, 3.8) is 0 Å². The second kappa shape index (κ2) is 8.66. The highest BCUT2D eigenvalue weighted by atomic mass is 16.5. The minimum absolute atomic E-state index is 0.148. The van der Waals surface area contributed by atoms with Gasteiger partial charge in [0.2, 0.25) is 12.2 Å². The van der Waals surface area contributed by atoms with E-state index in [4.69, 9.17) is 9.47 Å². The lowest BCUT2D eigenvalue weighted by Crippen LogP contribution is -2.44. The average molecular weight is 308 g/mol. The minimum atomic E-state index is -0.808. The third-order valence-electron chi connectivity index (χ3n) is 3.08. The van der Waals surface area contributed by atoms with E-state index in [1.165, 1.54) is 14.2 Å². The first kappa shape index (κ1) is 17.5. The van der Waals surface area contributed by atoms with Crippen LogP contribution in [0.4, 0.5) is 0 Å². The summed E-state index contributed by atoms with van der Waals surface area (Å²) >= 11 is 0. The van der Waals surface area contributed by atoms with Crippen LogP contribution in [0.25, 0.3) is 0 Å². The smallest absolute Gasteiger partial charge is 0.289 e. The highest BCUT2D eigenvalue weighted by molar-refractivity contribution is 6.38. The molecule has 0 radical (unpaired) electrons. The highest BCUT2D eigenvalue weighted by Gasteiger charge is 2.22. The number of ether oxygens (including phenoxy) is 2. The van der Waals surface area contributed by atoms with Crippen molar-refractivity contribution in [2.75, 3.05) is 14.2 Å². The number of benzene rings is 1.